The second-order valence-corrected chi connectivity index (χ2v) is 6.99. The zero-order valence-corrected chi connectivity index (χ0v) is 18.2. The second-order valence-electron chi connectivity index (χ2n) is 6.99. The zero-order chi connectivity index (χ0) is 23.7. The molecule has 0 saturated carbocycles. The minimum Gasteiger partial charge on any atom is -0.490 e. The minimum absolute atomic E-state index is 0.00423. The number of hydrogen-bond donors (Lipinski definition) is 1. The Bertz CT molecular complexity index is 951. The molecule has 172 valence electrons. The Kier molecular flexibility index (Phi) is 8.94. The zero-order valence-electron chi connectivity index (χ0n) is 18.2. The van der Waals surface area contributed by atoms with E-state index < -0.39 is 29.3 Å². The number of nitrogens with one attached hydrogen (secondary N) is 1. The summed E-state index contributed by atoms with van der Waals surface area (Å²) in [5.74, 6) is -1.01. The Morgan fingerprint density at radius 1 is 1.22 bits per heavy atom. The number of benzene rings is 2. The van der Waals surface area contributed by atoms with E-state index in [2.05, 4.69) is 5.32 Å². The van der Waals surface area contributed by atoms with E-state index in [1.807, 2.05) is 6.92 Å². The van der Waals surface area contributed by atoms with Crippen molar-refractivity contribution >= 4 is 17.5 Å². The van der Waals surface area contributed by atoms with Gasteiger partial charge in [-0.25, -0.2) is 4.39 Å². The van der Waals surface area contributed by atoms with Crippen LogP contribution in [-0.4, -0.2) is 47.9 Å². The lowest BCUT2D eigenvalue weighted by molar-refractivity contribution is -0.385. The maximum Gasteiger partial charge on any atom is 0.311 e. The number of nitrogens with zero attached hydrogens (tertiary/aromatic N) is 2. The molecule has 0 radical (unpaired) electrons. The van der Waals surface area contributed by atoms with Crippen LogP contribution in [0.5, 0.6) is 11.5 Å². The Hall–Kier alpha value is -3.69. The number of hydrogen-bond acceptors (Lipinski definition) is 6. The lowest BCUT2D eigenvalue weighted by Gasteiger charge is -2.28. The van der Waals surface area contributed by atoms with E-state index in [1.54, 1.807) is 6.92 Å². The van der Waals surface area contributed by atoms with Crippen molar-refractivity contribution in [3.63, 3.8) is 0 Å². The van der Waals surface area contributed by atoms with Gasteiger partial charge in [-0.05, 0) is 37.1 Å². The second kappa shape index (κ2) is 11.6. The van der Waals surface area contributed by atoms with Crippen LogP contribution in [0.4, 0.5) is 10.1 Å². The van der Waals surface area contributed by atoms with Crippen LogP contribution >= 0.6 is 0 Å². The Morgan fingerprint density at radius 3 is 2.50 bits per heavy atom. The minimum atomic E-state index is -0.797. The molecule has 1 atom stereocenters. The number of halogens is 1. The lowest BCUT2D eigenvalue weighted by Crippen LogP contribution is -2.49. The molecule has 2 aromatic rings. The summed E-state index contributed by atoms with van der Waals surface area (Å²) >= 11 is 0. The number of amides is 2. The fourth-order valence-electron chi connectivity index (χ4n) is 2.89. The number of carbonyl (C=O) groups excluding carboxylic acids is 2. The van der Waals surface area contributed by atoms with Crippen molar-refractivity contribution in [3.05, 3.63) is 64.0 Å². The highest BCUT2D eigenvalue weighted by atomic mass is 19.1. The maximum absolute atomic E-state index is 13.2. The maximum atomic E-state index is 13.2. The molecule has 32 heavy (non-hydrogen) atoms. The van der Waals surface area contributed by atoms with Gasteiger partial charge in [-0.3, -0.25) is 19.7 Å². The summed E-state index contributed by atoms with van der Waals surface area (Å²) in [5.41, 5.74) is 0.414. The molecule has 1 N–H and O–H groups in total. The molecule has 2 aromatic carbocycles. The van der Waals surface area contributed by atoms with Gasteiger partial charge >= 0.3 is 5.69 Å². The predicted octanol–water partition coefficient (Wildman–Crippen LogP) is 3.06. The molecule has 0 heterocycles. The number of nitro groups is 1. The molecule has 0 aromatic heterocycles. The van der Waals surface area contributed by atoms with Crippen LogP contribution in [0.3, 0.4) is 0 Å². The van der Waals surface area contributed by atoms with Gasteiger partial charge in [0.25, 0.3) is 5.91 Å². The van der Waals surface area contributed by atoms with Crippen molar-refractivity contribution in [1.82, 2.24) is 10.2 Å². The third-order valence-electron chi connectivity index (χ3n) is 4.69. The molecule has 2 amide bonds. The topological polar surface area (TPSA) is 111 Å². The average Bonchev–Trinajstić information content (AvgIpc) is 2.79. The number of rotatable bonds is 11. The molecular formula is C22H26FN3O6. The Balaban J connectivity index is 2.16. The van der Waals surface area contributed by atoms with E-state index in [0.29, 0.717) is 12.1 Å². The van der Waals surface area contributed by atoms with Gasteiger partial charge in [0, 0.05) is 25.2 Å². The van der Waals surface area contributed by atoms with E-state index in [4.69, 9.17) is 9.47 Å². The molecular weight excluding hydrogens is 421 g/mol. The predicted molar refractivity (Wildman–Crippen MR) is 115 cm³/mol. The highest BCUT2D eigenvalue weighted by molar-refractivity contribution is 5.87. The van der Waals surface area contributed by atoms with Crippen molar-refractivity contribution in [1.29, 1.82) is 0 Å². The van der Waals surface area contributed by atoms with Crippen LogP contribution < -0.4 is 14.8 Å². The third-order valence-corrected chi connectivity index (χ3v) is 4.69. The number of ether oxygens (including phenoxy) is 2. The molecule has 0 saturated heterocycles. The van der Waals surface area contributed by atoms with E-state index in [1.165, 1.54) is 54.5 Å². The van der Waals surface area contributed by atoms with Crippen molar-refractivity contribution in [2.45, 2.75) is 32.9 Å². The smallest absolute Gasteiger partial charge is 0.311 e. The van der Waals surface area contributed by atoms with Crippen molar-refractivity contribution < 1.29 is 28.4 Å². The molecule has 0 bridgehead atoms. The first-order valence-electron chi connectivity index (χ1n) is 10.0. The lowest BCUT2D eigenvalue weighted by atomic mass is 10.1. The van der Waals surface area contributed by atoms with Gasteiger partial charge in [0.05, 0.1) is 12.0 Å². The normalized spacial score (nSPS) is 11.4. The van der Waals surface area contributed by atoms with Gasteiger partial charge in [0.2, 0.25) is 11.7 Å². The first-order chi connectivity index (χ1) is 15.3. The molecule has 2 rings (SSSR count). The van der Waals surface area contributed by atoms with E-state index in [-0.39, 0.29) is 29.6 Å². The molecule has 0 aliphatic heterocycles. The SMILES string of the molecule is CCCNC(=O)[C@@H](C)N(Cc1ccc(F)cc1)C(=O)COc1ccc([N+](=O)[O-])c(OC)c1. The van der Waals surface area contributed by atoms with E-state index in [9.17, 15) is 24.1 Å². The summed E-state index contributed by atoms with van der Waals surface area (Å²) in [4.78, 5) is 37.2. The highest BCUT2D eigenvalue weighted by Gasteiger charge is 2.26. The van der Waals surface area contributed by atoms with E-state index in [0.717, 1.165) is 6.42 Å². The number of carbonyl (C=O) groups is 2. The number of methoxy groups -OCH3 is 1. The van der Waals surface area contributed by atoms with Crippen LogP contribution in [0, 0.1) is 15.9 Å². The summed E-state index contributed by atoms with van der Waals surface area (Å²) in [6, 6.07) is 8.72. The van der Waals surface area contributed by atoms with Crippen molar-refractivity contribution in [2.75, 3.05) is 20.3 Å². The van der Waals surface area contributed by atoms with Crippen LogP contribution in [0.2, 0.25) is 0 Å². The fourth-order valence-corrected chi connectivity index (χ4v) is 2.89. The Morgan fingerprint density at radius 2 is 1.91 bits per heavy atom. The van der Waals surface area contributed by atoms with Crippen LogP contribution in [-0.2, 0) is 16.1 Å². The summed E-state index contributed by atoms with van der Waals surface area (Å²) < 4.78 is 23.7. The molecule has 0 aliphatic carbocycles. The van der Waals surface area contributed by atoms with Crippen molar-refractivity contribution in [2.24, 2.45) is 0 Å². The van der Waals surface area contributed by atoms with Gasteiger partial charge in [0.15, 0.2) is 6.61 Å². The quantitative estimate of drug-likeness (QED) is 0.419. The van der Waals surface area contributed by atoms with Gasteiger partial charge in [-0.1, -0.05) is 19.1 Å². The fraction of sp³-hybridized carbons (Fsp3) is 0.364. The largest absolute Gasteiger partial charge is 0.490 e. The van der Waals surface area contributed by atoms with Crippen molar-refractivity contribution in [3.8, 4) is 11.5 Å². The van der Waals surface area contributed by atoms with Gasteiger partial charge in [-0.2, -0.15) is 0 Å². The molecule has 0 aliphatic rings. The first kappa shape index (κ1) is 24.6. The molecule has 0 spiro atoms. The standard InChI is InChI=1S/C22H26FN3O6/c1-4-11-24-22(28)15(2)25(13-16-5-7-17(23)8-6-16)21(27)14-32-18-9-10-19(26(29)30)20(12-18)31-3/h5-10,12,15H,4,11,13-14H2,1-3H3,(H,24,28)/t15-/m1/s1. The van der Waals surface area contributed by atoms with Gasteiger partial charge < -0.3 is 19.7 Å². The van der Waals surface area contributed by atoms with Crippen LogP contribution in [0.1, 0.15) is 25.8 Å². The van der Waals surface area contributed by atoms with Gasteiger partial charge in [0.1, 0.15) is 17.6 Å². The van der Waals surface area contributed by atoms with E-state index >= 15 is 0 Å². The van der Waals surface area contributed by atoms with Crippen LogP contribution in [0.15, 0.2) is 42.5 Å². The number of nitro benzene ring substituents is 1. The molecule has 10 heteroatoms. The summed E-state index contributed by atoms with van der Waals surface area (Å²) in [6.45, 7) is 3.65. The average molecular weight is 447 g/mol. The molecule has 0 unspecified atom stereocenters. The molecule has 9 nitrogen and oxygen atoms in total. The monoisotopic (exact) mass is 447 g/mol. The summed E-state index contributed by atoms with van der Waals surface area (Å²) in [6.07, 6.45) is 0.745. The summed E-state index contributed by atoms with van der Waals surface area (Å²) in [5, 5.41) is 13.8. The first-order valence-corrected chi connectivity index (χ1v) is 10.0. The van der Waals surface area contributed by atoms with Gasteiger partial charge in [-0.15, -0.1) is 0 Å². The summed E-state index contributed by atoms with van der Waals surface area (Å²) in [7, 11) is 1.29. The molecule has 0 fully saturated rings. The Labute approximate surface area is 185 Å². The third kappa shape index (κ3) is 6.66. The van der Waals surface area contributed by atoms with Crippen LogP contribution in [0.25, 0.3) is 0 Å². The highest BCUT2D eigenvalue weighted by Crippen LogP contribution is 2.30.